The SMILES string of the molecule is CC(C)(C)NC(=O)CNC(=O)NCC(=O)Nc1ccc(Cl)cc1. The molecule has 0 radical (unpaired) electrons. The van der Waals surface area contributed by atoms with Crippen molar-refractivity contribution in [3.8, 4) is 0 Å². The average Bonchev–Trinajstić information content (AvgIpc) is 2.43. The Labute approximate surface area is 140 Å². The molecule has 0 fully saturated rings. The number of nitrogens with one attached hydrogen (secondary N) is 4. The summed E-state index contributed by atoms with van der Waals surface area (Å²) < 4.78 is 0. The maximum atomic E-state index is 11.7. The first kappa shape index (κ1) is 18.8. The molecule has 0 bridgehead atoms. The van der Waals surface area contributed by atoms with Crippen molar-refractivity contribution in [1.82, 2.24) is 16.0 Å². The van der Waals surface area contributed by atoms with Crippen LogP contribution in [0.15, 0.2) is 24.3 Å². The molecule has 0 saturated carbocycles. The Bertz CT molecular complexity index is 567. The van der Waals surface area contributed by atoms with E-state index in [-0.39, 0.29) is 30.4 Å². The van der Waals surface area contributed by atoms with Crippen molar-refractivity contribution in [3.05, 3.63) is 29.3 Å². The van der Waals surface area contributed by atoms with Gasteiger partial charge in [-0.3, -0.25) is 9.59 Å². The van der Waals surface area contributed by atoms with Gasteiger partial charge in [-0.1, -0.05) is 11.6 Å². The van der Waals surface area contributed by atoms with Gasteiger partial charge >= 0.3 is 6.03 Å². The Hall–Kier alpha value is -2.28. The van der Waals surface area contributed by atoms with Crippen LogP contribution in [0.2, 0.25) is 5.02 Å². The third-order valence-electron chi connectivity index (χ3n) is 2.46. The van der Waals surface area contributed by atoms with E-state index in [1.165, 1.54) is 0 Å². The van der Waals surface area contributed by atoms with Crippen LogP contribution in [0.1, 0.15) is 20.8 Å². The van der Waals surface area contributed by atoms with Gasteiger partial charge < -0.3 is 21.3 Å². The Kier molecular flexibility index (Phi) is 6.84. The number of hydrogen-bond donors (Lipinski definition) is 4. The van der Waals surface area contributed by atoms with Crippen LogP contribution in [-0.4, -0.2) is 36.5 Å². The molecule has 23 heavy (non-hydrogen) atoms. The second-order valence-corrected chi connectivity index (χ2v) is 6.33. The molecule has 0 spiro atoms. The maximum Gasteiger partial charge on any atom is 0.315 e. The molecule has 0 atom stereocenters. The largest absolute Gasteiger partial charge is 0.350 e. The molecule has 1 aromatic rings. The fourth-order valence-corrected chi connectivity index (χ4v) is 1.71. The Morgan fingerprint density at radius 3 is 2.00 bits per heavy atom. The molecule has 1 rings (SSSR count). The van der Waals surface area contributed by atoms with Gasteiger partial charge in [-0.25, -0.2) is 4.79 Å². The molecule has 0 heterocycles. The second kappa shape index (κ2) is 8.38. The zero-order valence-electron chi connectivity index (χ0n) is 13.3. The lowest BCUT2D eigenvalue weighted by molar-refractivity contribution is -0.121. The van der Waals surface area contributed by atoms with E-state index in [2.05, 4.69) is 21.3 Å². The Balaban J connectivity index is 2.26. The third-order valence-corrected chi connectivity index (χ3v) is 2.71. The molecule has 0 unspecified atom stereocenters. The van der Waals surface area contributed by atoms with Crippen LogP contribution in [0, 0.1) is 0 Å². The van der Waals surface area contributed by atoms with Crippen LogP contribution in [0.3, 0.4) is 0 Å². The molecule has 0 aliphatic carbocycles. The lowest BCUT2D eigenvalue weighted by Crippen LogP contribution is -2.48. The predicted octanol–water partition coefficient (Wildman–Crippen LogP) is 1.49. The quantitative estimate of drug-likeness (QED) is 0.653. The monoisotopic (exact) mass is 340 g/mol. The first-order chi connectivity index (χ1) is 10.7. The van der Waals surface area contributed by atoms with Gasteiger partial charge in [0.05, 0.1) is 13.1 Å². The van der Waals surface area contributed by atoms with Gasteiger partial charge in [-0.05, 0) is 45.0 Å². The standard InChI is InChI=1S/C15H21ClN4O3/c1-15(2,3)20-13(22)9-18-14(23)17-8-12(21)19-11-6-4-10(16)5-7-11/h4-7H,8-9H2,1-3H3,(H,19,21)(H,20,22)(H2,17,18,23). The molecule has 4 N–H and O–H groups in total. The summed E-state index contributed by atoms with van der Waals surface area (Å²) in [5, 5.41) is 10.6. The highest BCUT2D eigenvalue weighted by atomic mass is 35.5. The minimum atomic E-state index is -0.597. The van der Waals surface area contributed by atoms with Crippen LogP contribution in [0.4, 0.5) is 10.5 Å². The molecule has 0 aliphatic rings. The van der Waals surface area contributed by atoms with E-state index in [4.69, 9.17) is 11.6 Å². The minimum Gasteiger partial charge on any atom is -0.350 e. The fourth-order valence-electron chi connectivity index (χ4n) is 1.58. The van der Waals surface area contributed by atoms with Crippen molar-refractivity contribution in [3.63, 3.8) is 0 Å². The number of amides is 4. The van der Waals surface area contributed by atoms with E-state index in [1.54, 1.807) is 24.3 Å². The first-order valence-corrected chi connectivity index (χ1v) is 7.41. The fraction of sp³-hybridized carbons (Fsp3) is 0.400. The zero-order chi connectivity index (χ0) is 17.5. The number of benzene rings is 1. The number of anilines is 1. The van der Waals surface area contributed by atoms with E-state index in [1.807, 2.05) is 20.8 Å². The molecule has 8 heteroatoms. The van der Waals surface area contributed by atoms with Crippen LogP contribution < -0.4 is 21.3 Å². The molecular weight excluding hydrogens is 320 g/mol. The highest BCUT2D eigenvalue weighted by Crippen LogP contribution is 2.12. The van der Waals surface area contributed by atoms with E-state index in [0.717, 1.165) is 0 Å². The lowest BCUT2D eigenvalue weighted by atomic mass is 10.1. The Morgan fingerprint density at radius 2 is 1.48 bits per heavy atom. The maximum absolute atomic E-state index is 11.7. The number of halogens is 1. The Morgan fingerprint density at radius 1 is 0.957 bits per heavy atom. The van der Waals surface area contributed by atoms with Gasteiger partial charge in [0.15, 0.2) is 0 Å². The summed E-state index contributed by atoms with van der Waals surface area (Å²) in [6.45, 7) is 5.14. The molecular formula is C15H21ClN4O3. The second-order valence-electron chi connectivity index (χ2n) is 5.89. The summed E-state index contributed by atoms with van der Waals surface area (Å²) in [6.07, 6.45) is 0. The molecule has 0 aromatic heterocycles. The average molecular weight is 341 g/mol. The number of urea groups is 1. The summed E-state index contributed by atoms with van der Waals surface area (Å²) >= 11 is 5.74. The van der Waals surface area contributed by atoms with Gasteiger partial charge in [0.1, 0.15) is 0 Å². The molecule has 7 nitrogen and oxygen atoms in total. The molecule has 0 saturated heterocycles. The number of carbonyl (C=O) groups is 3. The summed E-state index contributed by atoms with van der Waals surface area (Å²) in [4.78, 5) is 34.7. The van der Waals surface area contributed by atoms with E-state index < -0.39 is 6.03 Å². The summed E-state index contributed by atoms with van der Waals surface area (Å²) in [5.74, 6) is -0.695. The van der Waals surface area contributed by atoms with Crippen LogP contribution in [0.25, 0.3) is 0 Å². The van der Waals surface area contributed by atoms with Gasteiger partial charge in [0.25, 0.3) is 0 Å². The van der Waals surface area contributed by atoms with E-state index in [9.17, 15) is 14.4 Å². The first-order valence-electron chi connectivity index (χ1n) is 7.04. The molecule has 0 aliphatic heterocycles. The van der Waals surface area contributed by atoms with Crippen molar-refractivity contribution in [2.75, 3.05) is 18.4 Å². The van der Waals surface area contributed by atoms with E-state index in [0.29, 0.717) is 10.7 Å². The summed E-state index contributed by atoms with van der Waals surface area (Å²) in [6, 6.07) is 5.99. The number of hydrogen-bond acceptors (Lipinski definition) is 3. The van der Waals surface area contributed by atoms with Crippen molar-refractivity contribution < 1.29 is 14.4 Å². The molecule has 1 aromatic carbocycles. The van der Waals surface area contributed by atoms with Crippen molar-refractivity contribution in [2.45, 2.75) is 26.3 Å². The normalized spacial score (nSPS) is 10.6. The molecule has 126 valence electrons. The highest BCUT2D eigenvalue weighted by molar-refractivity contribution is 6.30. The van der Waals surface area contributed by atoms with Crippen LogP contribution >= 0.6 is 11.6 Å². The topological polar surface area (TPSA) is 99.3 Å². The van der Waals surface area contributed by atoms with Gasteiger partial charge in [-0.15, -0.1) is 0 Å². The highest BCUT2D eigenvalue weighted by Gasteiger charge is 2.14. The molecule has 4 amide bonds. The number of rotatable bonds is 5. The van der Waals surface area contributed by atoms with Crippen molar-refractivity contribution in [2.24, 2.45) is 0 Å². The summed E-state index contributed by atoms with van der Waals surface area (Å²) in [5.41, 5.74) is 0.208. The van der Waals surface area contributed by atoms with Crippen molar-refractivity contribution in [1.29, 1.82) is 0 Å². The van der Waals surface area contributed by atoms with Gasteiger partial charge in [-0.2, -0.15) is 0 Å². The van der Waals surface area contributed by atoms with E-state index >= 15 is 0 Å². The third kappa shape index (κ3) is 8.67. The zero-order valence-corrected chi connectivity index (χ0v) is 14.1. The smallest absolute Gasteiger partial charge is 0.315 e. The lowest BCUT2D eigenvalue weighted by Gasteiger charge is -2.20. The summed E-state index contributed by atoms with van der Waals surface area (Å²) in [7, 11) is 0. The van der Waals surface area contributed by atoms with Crippen LogP contribution in [0.5, 0.6) is 0 Å². The number of carbonyl (C=O) groups excluding carboxylic acids is 3. The van der Waals surface area contributed by atoms with Gasteiger partial charge in [0.2, 0.25) is 11.8 Å². The predicted molar refractivity (Wildman–Crippen MR) is 89.4 cm³/mol. The van der Waals surface area contributed by atoms with Crippen molar-refractivity contribution >= 4 is 35.1 Å². The van der Waals surface area contributed by atoms with Gasteiger partial charge in [0, 0.05) is 16.2 Å². The van der Waals surface area contributed by atoms with Crippen LogP contribution in [-0.2, 0) is 9.59 Å². The minimum absolute atomic E-state index is 0.165.